The number of nitrogens with zero attached hydrogens (tertiary/aromatic N) is 1. The molecule has 0 radical (unpaired) electrons. The molecule has 7 nitrogen and oxygen atoms in total. The molecule has 3 N–H and O–H groups in total. The number of anilines is 2. The van der Waals surface area contributed by atoms with Crippen LogP contribution >= 0.6 is 11.3 Å². The van der Waals surface area contributed by atoms with Crippen molar-refractivity contribution in [2.75, 3.05) is 10.6 Å². The van der Waals surface area contributed by atoms with Crippen LogP contribution in [0, 0.1) is 0 Å². The number of carbonyl (C=O) groups excluding carboxylic acids is 2. The molecule has 0 fully saturated rings. The third kappa shape index (κ3) is 4.34. The lowest BCUT2D eigenvalue weighted by molar-refractivity contribution is 0.101. The van der Waals surface area contributed by atoms with Crippen molar-refractivity contribution < 1.29 is 9.59 Å². The minimum absolute atomic E-state index is 0.00142. The fourth-order valence-electron chi connectivity index (χ4n) is 2.81. The highest BCUT2D eigenvalue weighted by molar-refractivity contribution is 7.13. The normalized spacial score (nSPS) is 10.4. The van der Waals surface area contributed by atoms with Crippen LogP contribution < -0.4 is 16.2 Å². The van der Waals surface area contributed by atoms with E-state index in [1.165, 1.54) is 29.8 Å². The van der Waals surface area contributed by atoms with E-state index in [-0.39, 0.29) is 11.5 Å². The van der Waals surface area contributed by atoms with Gasteiger partial charge in [0.25, 0.3) is 17.4 Å². The van der Waals surface area contributed by atoms with Gasteiger partial charge in [-0.2, -0.15) is 0 Å². The summed E-state index contributed by atoms with van der Waals surface area (Å²) in [5.41, 5.74) is 1.62. The molecule has 30 heavy (non-hydrogen) atoms. The first kappa shape index (κ1) is 19.3. The summed E-state index contributed by atoms with van der Waals surface area (Å²) in [4.78, 5) is 44.7. The standard InChI is InChI=1S/C22H16N4O3S/c27-20(14-8-10-23-11-9-14)24-15-3-1-4-16(13-15)25-21(28)17-6-7-18(26-22(17)29)19-5-2-12-30-19/h1-13H,(H,24,27)(H,25,28)(H,26,29). The van der Waals surface area contributed by atoms with E-state index in [0.717, 1.165) is 4.88 Å². The molecule has 0 bridgehead atoms. The minimum Gasteiger partial charge on any atom is -0.322 e. The van der Waals surface area contributed by atoms with E-state index < -0.39 is 11.5 Å². The predicted octanol–water partition coefficient (Wildman–Crippen LogP) is 4.00. The van der Waals surface area contributed by atoms with Gasteiger partial charge in [0.05, 0.1) is 10.6 Å². The Bertz CT molecular complexity index is 1250. The number of hydrogen-bond acceptors (Lipinski definition) is 5. The van der Waals surface area contributed by atoms with Crippen LogP contribution in [-0.4, -0.2) is 21.8 Å². The summed E-state index contributed by atoms with van der Waals surface area (Å²) in [6.45, 7) is 0. The van der Waals surface area contributed by atoms with E-state index in [2.05, 4.69) is 20.6 Å². The summed E-state index contributed by atoms with van der Waals surface area (Å²) in [5, 5.41) is 7.36. The maximum atomic E-state index is 12.6. The Morgan fingerprint density at radius 3 is 2.27 bits per heavy atom. The van der Waals surface area contributed by atoms with Crippen molar-refractivity contribution in [3.8, 4) is 10.6 Å². The van der Waals surface area contributed by atoms with Gasteiger partial charge in [0.15, 0.2) is 0 Å². The number of H-pyrrole nitrogens is 1. The van der Waals surface area contributed by atoms with E-state index in [4.69, 9.17) is 0 Å². The zero-order valence-electron chi connectivity index (χ0n) is 15.6. The van der Waals surface area contributed by atoms with Gasteiger partial charge in [0.1, 0.15) is 5.56 Å². The Hall–Kier alpha value is -4.04. The molecule has 4 rings (SSSR count). The third-order valence-corrected chi connectivity index (χ3v) is 5.16. The van der Waals surface area contributed by atoms with Crippen LogP contribution in [0.25, 0.3) is 10.6 Å². The quantitative estimate of drug-likeness (QED) is 0.457. The number of nitrogens with one attached hydrogen (secondary N) is 3. The monoisotopic (exact) mass is 416 g/mol. The Morgan fingerprint density at radius 1 is 0.867 bits per heavy atom. The average molecular weight is 416 g/mol. The SMILES string of the molecule is O=C(Nc1cccc(NC(=O)c2ccc(-c3cccs3)[nH]c2=O)c1)c1ccncc1. The summed E-state index contributed by atoms with van der Waals surface area (Å²) >= 11 is 1.50. The van der Waals surface area contributed by atoms with E-state index >= 15 is 0 Å². The van der Waals surface area contributed by atoms with Crippen LogP contribution in [0.5, 0.6) is 0 Å². The Balaban J connectivity index is 1.48. The highest BCUT2D eigenvalue weighted by Crippen LogP contribution is 2.22. The summed E-state index contributed by atoms with van der Waals surface area (Å²) in [6, 6.07) is 16.9. The summed E-state index contributed by atoms with van der Waals surface area (Å²) < 4.78 is 0. The zero-order chi connectivity index (χ0) is 20.9. The number of benzene rings is 1. The van der Waals surface area contributed by atoms with E-state index in [0.29, 0.717) is 22.6 Å². The van der Waals surface area contributed by atoms with Crippen molar-refractivity contribution in [3.63, 3.8) is 0 Å². The first-order valence-corrected chi connectivity index (χ1v) is 9.88. The van der Waals surface area contributed by atoms with E-state index in [1.54, 1.807) is 42.5 Å². The van der Waals surface area contributed by atoms with Gasteiger partial charge in [-0.05, 0) is 53.9 Å². The van der Waals surface area contributed by atoms with Crippen molar-refractivity contribution in [1.82, 2.24) is 9.97 Å². The van der Waals surface area contributed by atoms with Crippen LogP contribution in [0.2, 0.25) is 0 Å². The number of thiophene rings is 1. The molecule has 0 aliphatic heterocycles. The first-order valence-electron chi connectivity index (χ1n) is 9.00. The number of carbonyl (C=O) groups is 2. The van der Waals surface area contributed by atoms with E-state index in [1.807, 2.05) is 17.5 Å². The highest BCUT2D eigenvalue weighted by atomic mass is 32.1. The molecule has 2 amide bonds. The fourth-order valence-corrected chi connectivity index (χ4v) is 3.51. The first-order chi connectivity index (χ1) is 14.6. The Morgan fingerprint density at radius 2 is 1.60 bits per heavy atom. The van der Waals surface area contributed by atoms with Crippen molar-refractivity contribution in [3.05, 3.63) is 99.9 Å². The summed E-state index contributed by atoms with van der Waals surface area (Å²) in [6.07, 6.45) is 3.07. The van der Waals surface area contributed by atoms with Gasteiger partial charge < -0.3 is 15.6 Å². The topological polar surface area (TPSA) is 104 Å². The number of aromatic amines is 1. The average Bonchev–Trinajstić information content (AvgIpc) is 3.29. The molecule has 0 spiro atoms. The molecular weight excluding hydrogens is 400 g/mol. The van der Waals surface area contributed by atoms with Gasteiger partial charge in [-0.1, -0.05) is 12.1 Å². The second kappa shape index (κ2) is 8.54. The van der Waals surface area contributed by atoms with E-state index in [9.17, 15) is 14.4 Å². The largest absolute Gasteiger partial charge is 0.322 e. The van der Waals surface area contributed by atoms with Gasteiger partial charge in [-0.3, -0.25) is 19.4 Å². The molecule has 4 aromatic rings. The molecule has 0 saturated heterocycles. The number of amides is 2. The molecular formula is C22H16N4O3S. The second-order valence-corrected chi connectivity index (χ2v) is 7.26. The maximum Gasteiger partial charge on any atom is 0.261 e. The lowest BCUT2D eigenvalue weighted by atomic mass is 10.2. The molecule has 0 unspecified atom stereocenters. The highest BCUT2D eigenvalue weighted by Gasteiger charge is 2.13. The van der Waals surface area contributed by atoms with Gasteiger partial charge >= 0.3 is 0 Å². The van der Waals surface area contributed by atoms with Crippen molar-refractivity contribution in [2.45, 2.75) is 0 Å². The molecule has 0 aliphatic rings. The Kier molecular flexibility index (Phi) is 5.49. The van der Waals surface area contributed by atoms with Gasteiger partial charge in [0, 0.05) is 29.3 Å². The Labute approximate surface area is 175 Å². The lowest BCUT2D eigenvalue weighted by Gasteiger charge is -2.09. The molecule has 0 saturated carbocycles. The molecule has 1 aromatic carbocycles. The number of rotatable bonds is 5. The minimum atomic E-state index is -0.536. The van der Waals surface area contributed by atoms with Crippen LogP contribution in [0.15, 0.2) is 83.2 Å². The van der Waals surface area contributed by atoms with Gasteiger partial charge in [-0.25, -0.2) is 0 Å². The van der Waals surface area contributed by atoms with Crippen molar-refractivity contribution in [2.24, 2.45) is 0 Å². The van der Waals surface area contributed by atoms with Crippen LogP contribution in [0.1, 0.15) is 20.7 Å². The number of pyridine rings is 2. The third-order valence-electron chi connectivity index (χ3n) is 4.26. The fraction of sp³-hybridized carbons (Fsp3) is 0. The molecule has 148 valence electrons. The van der Waals surface area contributed by atoms with Crippen LogP contribution in [0.3, 0.4) is 0 Å². The zero-order valence-corrected chi connectivity index (χ0v) is 16.4. The predicted molar refractivity (Wildman–Crippen MR) is 117 cm³/mol. The van der Waals surface area contributed by atoms with Crippen molar-refractivity contribution in [1.29, 1.82) is 0 Å². The number of aromatic nitrogens is 2. The van der Waals surface area contributed by atoms with Gasteiger partial charge in [0.2, 0.25) is 0 Å². The molecule has 0 aliphatic carbocycles. The van der Waals surface area contributed by atoms with Crippen LogP contribution in [-0.2, 0) is 0 Å². The summed E-state index contributed by atoms with van der Waals surface area (Å²) in [7, 11) is 0. The number of hydrogen-bond donors (Lipinski definition) is 3. The van der Waals surface area contributed by atoms with Crippen molar-refractivity contribution >= 4 is 34.5 Å². The lowest BCUT2D eigenvalue weighted by Crippen LogP contribution is -2.23. The summed E-state index contributed by atoms with van der Waals surface area (Å²) in [5.74, 6) is -0.826. The second-order valence-electron chi connectivity index (χ2n) is 6.32. The maximum absolute atomic E-state index is 12.6. The smallest absolute Gasteiger partial charge is 0.261 e. The molecule has 0 atom stereocenters. The molecule has 8 heteroatoms. The van der Waals surface area contributed by atoms with Gasteiger partial charge in [-0.15, -0.1) is 11.3 Å². The van der Waals surface area contributed by atoms with Crippen LogP contribution in [0.4, 0.5) is 11.4 Å². The molecule has 3 aromatic heterocycles. The molecule has 3 heterocycles.